The third-order valence-corrected chi connectivity index (χ3v) is 4.64. The Labute approximate surface area is 151 Å². The fourth-order valence-electron chi connectivity index (χ4n) is 3.20. The largest absolute Gasteiger partial charge is 0.481 e. The Kier molecular flexibility index (Phi) is 5.70. The molecule has 3 rings (SSSR count). The second kappa shape index (κ2) is 8.16. The van der Waals surface area contributed by atoms with Crippen LogP contribution in [-0.4, -0.2) is 66.3 Å². The molecule has 7 nitrogen and oxygen atoms in total. The van der Waals surface area contributed by atoms with E-state index in [1.807, 2.05) is 0 Å². The third kappa shape index (κ3) is 4.30. The zero-order valence-electron chi connectivity index (χ0n) is 14.4. The SMILES string of the molecule is O=C1CCC(C(=O)N2CCCN(C(=O)COc3ccccc3F)CC2)N1. The van der Waals surface area contributed by atoms with Crippen molar-refractivity contribution in [2.45, 2.75) is 25.3 Å². The first-order valence-electron chi connectivity index (χ1n) is 8.78. The highest BCUT2D eigenvalue weighted by atomic mass is 19.1. The number of halogens is 1. The summed E-state index contributed by atoms with van der Waals surface area (Å²) in [5.41, 5.74) is 0. The van der Waals surface area contributed by atoms with Gasteiger partial charge in [0.15, 0.2) is 18.2 Å². The molecule has 0 spiro atoms. The van der Waals surface area contributed by atoms with Crippen molar-refractivity contribution in [3.8, 4) is 5.75 Å². The van der Waals surface area contributed by atoms with Crippen molar-refractivity contribution in [2.75, 3.05) is 32.8 Å². The topological polar surface area (TPSA) is 79.0 Å². The summed E-state index contributed by atoms with van der Waals surface area (Å²) in [5.74, 6) is -0.888. The lowest BCUT2D eigenvalue weighted by molar-refractivity contribution is -0.136. The van der Waals surface area contributed by atoms with Crippen molar-refractivity contribution in [3.63, 3.8) is 0 Å². The van der Waals surface area contributed by atoms with Crippen LogP contribution in [0.5, 0.6) is 5.75 Å². The number of hydrogen-bond donors (Lipinski definition) is 1. The summed E-state index contributed by atoms with van der Waals surface area (Å²) < 4.78 is 18.8. The van der Waals surface area contributed by atoms with Gasteiger partial charge in [0, 0.05) is 32.6 Å². The predicted octanol–water partition coefficient (Wildman–Crippen LogP) is 0.544. The summed E-state index contributed by atoms with van der Waals surface area (Å²) in [7, 11) is 0. The summed E-state index contributed by atoms with van der Waals surface area (Å²) in [6, 6.07) is 5.49. The molecule has 140 valence electrons. The van der Waals surface area contributed by atoms with Crippen molar-refractivity contribution < 1.29 is 23.5 Å². The van der Waals surface area contributed by atoms with Crippen LogP contribution in [0.1, 0.15) is 19.3 Å². The first-order chi connectivity index (χ1) is 12.5. The van der Waals surface area contributed by atoms with Gasteiger partial charge in [0.2, 0.25) is 11.8 Å². The van der Waals surface area contributed by atoms with Crippen LogP contribution in [0.4, 0.5) is 4.39 Å². The van der Waals surface area contributed by atoms with E-state index in [2.05, 4.69) is 5.32 Å². The van der Waals surface area contributed by atoms with Crippen molar-refractivity contribution in [1.82, 2.24) is 15.1 Å². The molecule has 2 heterocycles. The standard InChI is InChI=1S/C18H22FN3O4/c19-13-4-1-2-5-15(13)26-12-17(24)21-8-3-9-22(11-10-21)18(25)14-6-7-16(23)20-14/h1-2,4-5,14H,3,6-12H2,(H,20,23). The zero-order valence-corrected chi connectivity index (χ0v) is 14.4. The maximum atomic E-state index is 13.5. The first kappa shape index (κ1) is 18.2. The monoisotopic (exact) mass is 363 g/mol. The average Bonchev–Trinajstić information content (AvgIpc) is 2.92. The van der Waals surface area contributed by atoms with E-state index < -0.39 is 11.9 Å². The molecular formula is C18H22FN3O4. The van der Waals surface area contributed by atoms with Crippen LogP contribution in [0.15, 0.2) is 24.3 Å². The number of carbonyl (C=O) groups excluding carboxylic acids is 3. The Hall–Kier alpha value is -2.64. The molecule has 0 aromatic heterocycles. The van der Waals surface area contributed by atoms with Gasteiger partial charge in [0.25, 0.3) is 5.91 Å². The number of para-hydroxylation sites is 1. The minimum absolute atomic E-state index is 0.0458. The van der Waals surface area contributed by atoms with Gasteiger partial charge >= 0.3 is 0 Å². The average molecular weight is 363 g/mol. The molecule has 1 N–H and O–H groups in total. The van der Waals surface area contributed by atoms with E-state index in [9.17, 15) is 18.8 Å². The lowest BCUT2D eigenvalue weighted by Gasteiger charge is -2.24. The molecule has 0 radical (unpaired) electrons. The number of amides is 3. The van der Waals surface area contributed by atoms with Crippen molar-refractivity contribution >= 4 is 17.7 Å². The minimum Gasteiger partial charge on any atom is -0.481 e. The molecule has 1 aromatic rings. The highest BCUT2D eigenvalue weighted by molar-refractivity contribution is 5.90. The van der Waals surface area contributed by atoms with Gasteiger partial charge in [0.1, 0.15) is 6.04 Å². The summed E-state index contributed by atoms with van der Waals surface area (Å²) in [5, 5.41) is 2.68. The van der Waals surface area contributed by atoms with Crippen molar-refractivity contribution in [3.05, 3.63) is 30.1 Å². The number of rotatable bonds is 4. The molecule has 26 heavy (non-hydrogen) atoms. The fraction of sp³-hybridized carbons (Fsp3) is 0.500. The number of nitrogens with zero attached hydrogens (tertiary/aromatic N) is 2. The molecule has 0 saturated carbocycles. The molecule has 1 aromatic carbocycles. The molecule has 0 bridgehead atoms. The molecule has 2 fully saturated rings. The predicted molar refractivity (Wildman–Crippen MR) is 90.8 cm³/mol. The number of ether oxygens (including phenoxy) is 1. The molecule has 3 amide bonds. The normalized spacial score (nSPS) is 20.5. The first-order valence-corrected chi connectivity index (χ1v) is 8.78. The third-order valence-electron chi connectivity index (χ3n) is 4.64. The summed E-state index contributed by atoms with van der Waals surface area (Å²) in [6.45, 7) is 1.62. The van der Waals surface area contributed by atoms with Gasteiger partial charge in [-0.3, -0.25) is 14.4 Å². The maximum Gasteiger partial charge on any atom is 0.260 e. The lowest BCUT2D eigenvalue weighted by atomic mass is 10.2. The van der Waals surface area contributed by atoms with E-state index in [0.29, 0.717) is 45.4 Å². The molecule has 2 aliphatic heterocycles. The second-order valence-corrected chi connectivity index (χ2v) is 6.44. The van der Waals surface area contributed by atoms with Gasteiger partial charge in [-0.25, -0.2) is 4.39 Å². The Morgan fingerprint density at radius 2 is 1.88 bits per heavy atom. The van der Waals surface area contributed by atoms with Crippen LogP contribution < -0.4 is 10.1 Å². The molecule has 2 saturated heterocycles. The van der Waals surface area contributed by atoms with Crippen molar-refractivity contribution in [2.24, 2.45) is 0 Å². The summed E-state index contributed by atoms with van der Waals surface area (Å²) >= 11 is 0. The van der Waals surface area contributed by atoms with Crippen LogP contribution >= 0.6 is 0 Å². The van der Waals surface area contributed by atoms with E-state index in [4.69, 9.17) is 4.74 Å². The fourth-order valence-corrected chi connectivity index (χ4v) is 3.20. The van der Waals surface area contributed by atoms with Crippen LogP contribution in [-0.2, 0) is 14.4 Å². The van der Waals surface area contributed by atoms with Crippen LogP contribution in [0, 0.1) is 5.82 Å². The van der Waals surface area contributed by atoms with Gasteiger partial charge in [-0.1, -0.05) is 12.1 Å². The molecule has 8 heteroatoms. The smallest absolute Gasteiger partial charge is 0.260 e. The second-order valence-electron chi connectivity index (χ2n) is 6.44. The minimum atomic E-state index is -0.508. The lowest BCUT2D eigenvalue weighted by Crippen LogP contribution is -2.46. The number of hydrogen-bond acceptors (Lipinski definition) is 4. The van der Waals surface area contributed by atoms with Gasteiger partial charge in [-0.05, 0) is 25.0 Å². The van der Waals surface area contributed by atoms with Gasteiger partial charge in [-0.15, -0.1) is 0 Å². The van der Waals surface area contributed by atoms with E-state index in [-0.39, 0.29) is 30.1 Å². The molecular weight excluding hydrogens is 341 g/mol. The Bertz CT molecular complexity index is 697. The van der Waals surface area contributed by atoms with Crippen LogP contribution in [0.2, 0.25) is 0 Å². The number of carbonyl (C=O) groups is 3. The molecule has 1 unspecified atom stereocenters. The van der Waals surface area contributed by atoms with E-state index in [0.717, 1.165) is 0 Å². The summed E-state index contributed by atoms with van der Waals surface area (Å²) in [6.07, 6.45) is 1.55. The maximum absolute atomic E-state index is 13.5. The number of nitrogens with one attached hydrogen (secondary N) is 1. The Morgan fingerprint density at radius 3 is 2.62 bits per heavy atom. The summed E-state index contributed by atoms with van der Waals surface area (Å²) in [4.78, 5) is 39.4. The van der Waals surface area contributed by atoms with Gasteiger partial charge < -0.3 is 19.9 Å². The Morgan fingerprint density at radius 1 is 1.15 bits per heavy atom. The van der Waals surface area contributed by atoms with E-state index >= 15 is 0 Å². The quantitative estimate of drug-likeness (QED) is 0.847. The van der Waals surface area contributed by atoms with E-state index in [1.54, 1.807) is 21.9 Å². The van der Waals surface area contributed by atoms with Gasteiger partial charge in [-0.2, -0.15) is 0 Å². The van der Waals surface area contributed by atoms with Crippen LogP contribution in [0.25, 0.3) is 0 Å². The number of benzene rings is 1. The highest BCUT2D eigenvalue weighted by Crippen LogP contribution is 2.16. The molecule has 0 aliphatic carbocycles. The molecule has 2 aliphatic rings. The Balaban J connectivity index is 1.50. The van der Waals surface area contributed by atoms with Crippen LogP contribution in [0.3, 0.4) is 0 Å². The zero-order chi connectivity index (χ0) is 18.5. The highest BCUT2D eigenvalue weighted by Gasteiger charge is 2.32. The molecule has 1 atom stereocenters. The van der Waals surface area contributed by atoms with E-state index in [1.165, 1.54) is 12.1 Å². The van der Waals surface area contributed by atoms with Crippen molar-refractivity contribution in [1.29, 1.82) is 0 Å². The van der Waals surface area contributed by atoms with Gasteiger partial charge in [0.05, 0.1) is 0 Å².